The molecule has 0 spiro atoms. The van der Waals surface area contributed by atoms with Gasteiger partial charge in [-0.2, -0.15) is 0 Å². The molecule has 1 atom stereocenters. The number of phenolic OH excluding ortho intramolecular Hbond substituents is 2. The molecule has 92 valence electrons. The van der Waals surface area contributed by atoms with Crippen LogP contribution in [0.5, 0.6) is 17.2 Å². The van der Waals surface area contributed by atoms with Gasteiger partial charge in [-0.25, -0.2) is 0 Å². The first-order chi connectivity index (χ1) is 7.83. The van der Waals surface area contributed by atoms with E-state index in [9.17, 15) is 20.1 Å². The van der Waals surface area contributed by atoms with Gasteiger partial charge in [-0.15, -0.1) is 0 Å². The fraction of sp³-hybridized carbons (Fsp3) is 0.417. The summed E-state index contributed by atoms with van der Waals surface area (Å²) in [6, 6.07) is 2.28. The van der Waals surface area contributed by atoms with Gasteiger partial charge in [-0.05, 0) is 0 Å². The number of aliphatic hydroxyl groups is 1. The molecule has 17 heavy (non-hydrogen) atoms. The van der Waals surface area contributed by atoms with Crippen LogP contribution < -0.4 is 4.74 Å². The van der Waals surface area contributed by atoms with Crippen LogP contribution in [0.15, 0.2) is 12.1 Å². The number of phenols is 2. The van der Waals surface area contributed by atoms with Gasteiger partial charge in [0.15, 0.2) is 5.78 Å². The average Bonchev–Trinajstić information content (AvgIpc) is 2.14. The maximum Gasteiger partial charge on any atom is 0.217 e. The lowest BCUT2D eigenvalue weighted by Crippen LogP contribution is -2.46. The van der Waals surface area contributed by atoms with Crippen molar-refractivity contribution in [1.29, 1.82) is 0 Å². The van der Waals surface area contributed by atoms with Crippen LogP contribution in [-0.4, -0.2) is 26.9 Å². The van der Waals surface area contributed by atoms with Crippen LogP contribution in [0, 0.1) is 5.92 Å². The Morgan fingerprint density at radius 2 is 2.00 bits per heavy atom. The molecule has 1 heterocycles. The van der Waals surface area contributed by atoms with E-state index in [-0.39, 0.29) is 35.2 Å². The molecule has 0 aromatic heterocycles. The van der Waals surface area contributed by atoms with E-state index in [0.717, 1.165) is 6.07 Å². The van der Waals surface area contributed by atoms with Gasteiger partial charge in [-0.1, -0.05) is 13.8 Å². The van der Waals surface area contributed by atoms with Gasteiger partial charge in [0.25, 0.3) is 0 Å². The summed E-state index contributed by atoms with van der Waals surface area (Å²) >= 11 is 0. The van der Waals surface area contributed by atoms with E-state index in [1.54, 1.807) is 13.8 Å². The topological polar surface area (TPSA) is 87.0 Å². The lowest BCUT2D eigenvalue weighted by Gasteiger charge is -2.36. The summed E-state index contributed by atoms with van der Waals surface area (Å²) in [6.45, 7) is 3.45. The number of hydrogen-bond donors (Lipinski definition) is 3. The summed E-state index contributed by atoms with van der Waals surface area (Å²) < 4.78 is 5.33. The van der Waals surface area contributed by atoms with Gasteiger partial charge < -0.3 is 20.1 Å². The molecular weight excluding hydrogens is 224 g/mol. The Bertz CT molecular complexity index is 480. The molecule has 1 aromatic carbocycles. The van der Waals surface area contributed by atoms with Gasteiger partial charge in [0, 0.05) is 18.1 Å². The number of fused-ring (bicyclic) bond motifs is 1. The second-order valence-electron chi connectivity index (χ2n) is 4.54. The molecule has 0 saturated carbocycles. The number of carbonyl (C=O) groups is 1. The number of ether oxygens (including phenoxy) is 1. The minimum Gasteiger partial charge on any atom is -0.508 e. The van der Waals surface area contributed by atoms with Crippen molar-refractivity contribution < 1.29 is 24.9 Å². The predicted octanol–water partition coefficient (Wildman–Crippen LogP) is 1.41. The third kappa shape index (κ3) is 1.82. The smallest absolute Gasteiger partial charge is 0.217 e. The number of aromatic hydroxyl groups is 2. The highest BCUT2D eigenvalue weighted by atomic mass is 16.6. The average molecular weight is 238 g/mol. The number of benzene rings is 1. The van der Waals surface area contributed by atoms with Crippen LogP contribution in [0.4, 0.5) is 0 Å². The standard InChI is InChI=1S/C12H14O5/c1-6(2)12(16)5-9(15)11-8(14)3-7(13)4-10(11)17-12/h3-4,6,13-14,16H,5H2,1-2H3. The van der Waals surface area contributed by atoms with Crippen molar-refractivity contribution in [3.8, 4) is 17.2 Å². The number of carbonyl (C=O) groups excluding carboxylic acids is 1. The first kappa shape index (κ1) is 11.7. The van der Waals surface area contributed by atoms with Crippen LogP contribution in [0.2, 0.25) is 0 Å². The first-order valence-corrected chi connectivity index (χ1v) is 5.34. The van der Waals surface area contributed by atoms with E-state index in [2.05, 4.69) is 0 Å². The third-order valence-electron chi connectivity index (χ3n) is 2.95. The van der Waals surface area contributed by atoms with Gasteiger partial charge in [0.05, 0.1) is 6.42 Å². The number of hydrogen-bond acceptors (Lipinski definition) is 5. The molecule has 1 aliphatic heterocycles. The quantitative estimate of drug-likeness (QED) is 0.688. The van der Waals surface area contributed by atoms with Crippen molar-refractivity contribution >= 4 is 5.78 Å². The molecule has 0 fully saturated rings. The minimum atomic E-state index is -1.59. The second kappa shape index (κ2) is 3.63. The number of Topliss-reactive ketones (excluding diaryl/α,β-unsaturated/α-hetero) is 1. The monoisotopic (exact) mass is 238 g/mol. The zero-order valence-electron chi connectivity index (χ0n) is 9.60. The predicted molar refractivity (Wildman–Crippen MR) is 59.1 cm³/mol. The lowest BCUT2D eigenvalue weighted by molar-refractivity contribution is -0.170. The van der Waals surface area contributed by atoms with Crippen LogP contribution in [-0.2, 0) is 0 Å². The molecule has 0 saturated heterocycles. The number of ketones is 1. The van der Waals surface area contributed by atoms with E-state index >= 15 is 0 Å². The van der Waals surface area contributed by atoms with Gasteiger partial charge in [-0.3, -0.25) is 4.79 Å². The Balaban J connectivity index is 2.54. The Morgan fingerprint density at radius 3 is 2.59 bits per heavy atom. The summed E-state index contributed by atoms with van der Waals surface area (Å²) in [5, 5.41) is 29.0. The van der Waals surface area contributed by atoms with Crippen molar-refractivity contribution in [3.63, 3.8) is 0 Å². The highest BCUT2D eigenvalue weighted by Crippen LogP contribution is 2.41. The molecule has 5 nitrogen and oxygen atoms in total. The molecule has 2 rings (SSSR count). The summed E-state index contributed by atoms with van der Waals surface area (Å²) in [5.74, 6) is -2.83. The van der Waals surface area contributed by atoms with E-state index < -0.39 is 11.6 Å². The Kier molecular flexibility index (Phi) is 2.50. The molecule has 0 bridgehead atoms. The molecule has 1 unspecified atom stereocenters. The minimum absolute atomic E-state index is 0.00752. The highest BCUT2D eigenvalue weighted by Gasteiger charge is 2.42. The van der Waals surface area contributed by atoms with Gasteiger partial charge in [0.1, 0.15) is 22.8 Å². The zero-order chi connectivity index (χ0) is 12.8. The molecule has 0 aliphatic carbocycles. The fourth-order valence-electron chi connectivity index (χ4n) is 1.81. The normalized spacial score (nSPS) is 23.4. The van der Waals surface area contributed by atoms with E-state index in [4.69, 9.17) is 4.74 Å². The maximum atomic E-state index is 11.9. The Labute approximate surface area is 98.3 Å². The fourth-order valence-corrected chi connectivity index (χ4v) is 1.81. The number of rotatable bonds is 1. The summed E-state index contributed by atoms with van der Waals surface area (Å²) in [5.41, 5.74) is 0.00752. The lowest BCUT2D eigenvalue weighted by atomic mass is 9.90. The van der Waals surface area contributed by atoms with Crippen LogP contribution in [0.3, 0.4) is 0 Å². The SMILES string of the molecule is CC(C)C1(O)CC(=O)c2c(O)cc(O)cc2O1. The van der Waals surface area contributed by atoms with Crippen molar-refractivity contribution in [2.45, 2.75) is 26.1 Å². The third-order valence-corrected chi connectivity index (χ3v) is 2.95. The summed E-state index contributed by atoms with van der Waals surface area (Å²) in [4.78, 5) is 11.9. The maximum absolute atomic E-state index is 11.9. The Morgan fingerprint density at radius 1 is 1.35 bits per heavy atom. The van der Waals surface area contributed by atoms with Crippen LogP contribution in [0.25, 0.3) is 0 Å². The van der Waals surface area contributed by atoms with Crippen molar-refractivity contribution in [1.82, 2.24) is 0 Å². The van der Waals surface area contributed by atoms with Crippen molar-refractivity contribution in [2.75, 3.05) is 0 Å². The highest BCUT2D eigenvalue weighted by molar-refractivity contribution is 6.02. The largest absolute Gasteiger partial charge is 0.508 e. The van der Waals surface area contributed by atoms with E-state index in [0.29, 0.717) is 0 Å². The van der Waals surface area contributed by atoms with E-state index in [1.165, 1.54) is 6.07 Å². The van der Waals surface area contributed by atoms with Gasteiger partial charge in [0.2, 0.25) is 5.79 Å². The van der Waals surface area contributed by atoms with Gasteiger partial charge >= 0.3 is 0 Å². The van der Waals surface area contributed by atoms with E-state index in [1.807, 2.05) is 0 Å². The van der Waals surface area contributed by atoms with Crippen LogP contribution >= 0.6 is 0 Å². The first-order valence-electron chi connectivity index (χ1n) is 5.34. The second-order valence-corrected chi connectivity index (χ2v) is 4.54. The van der Waals surface area contributed by atoms with Crippen LogP contribution in [0.1, 0.15) is 30.6 Å². The Hall–Kier alpha value is -1.75. The van der Waals surface area contributed by atoms with Crippen molar-refractivity contribution in [2.24, 2.45) is 5.92 Å². The molecule has 3 N–H and O–H groups in total. The molecule has 0 radical (unpaired) electrons. The molecule has 1 aliphatic rings. The molecule has 1 aromatic rings. The molecular formula is C12H14O5. The zero-order valence-corrected chi connectivity index (χ0v) is 9.60. The molecule has 5 heteroatoms. The summed E-state index contributed by atoms with van der Waals surface area (Å²) in [6.07, 6.45) is -0.212. The molecule has 0 amide bonds. The summed E-state index contributed by atoms with van der Waals surface area (Å²) in [7, 11) is 0. The van der Waals surface area contributed by atoms with Crippen molar-refractivity contribution in [3.05, 3.63) is 17.7 Å².